The molecule has 0 spiro atoms. The van der Waals surface area contributed by atoms with Crippen molar-refractivity contribution in [2.45, 2.75) is 24.9 Å². The molecule has 21 heavy (non-hydrogen) atoms. The van der Waals surface area contributed by atoms with Crippen molar-refractivity contribution in [3.8, 4) is 11.3 Å². The lowest BCUT2D eigenvalue weighted by atomic mass is 10.1. The van der Waals surface area contributed by atoms with Gasteiger partial charge in [-0.3, -0.25) is 0 Å². The molecule has 2 aromatic rings. The Bertz CT molecular complexity index is 648. The van der Waals surface area contributed by atoms with Gasteiger partial charge in [0, 0.05) is 24.4 Å². The molecule has 1 aliphatic carbocycles. The third-order valence-electron chi connectivity index (χ3n) is 3.45. The van der Waals surface area contributed by atoms with Crippen molar-refractivity contribution >= 4 is 11.6 Å². The maximum Gasteiger partial charge on any atom is 0.389 e. The molecule has 0 N–H and O–H groups in total. The molecule has 2 atom stereocenters. The summed E-state index contributed by atoms with van der Waals surface area (Å²) in [6, 6.07) is 1.68. The van der Waals surface area contributed by atoms with Crippen LogP contribution in [0.2, 0.25) is 5.15 Å². The molecule has 8 heteroatoms. The standard InChI is InChI=1S/C13H10ClF3N4/c14-12-10(9-1-7(9)3-13(15,16)17)2-11(20-21-12)8-4-18-6-19-5-8/h2,4-7,9H,1,3H2/t7-,9+/m0/s1. The monoisotopic (exact) mass is 314 g/mol. The average molecular weight is 315 g/mol. The summed E-state index contributed by atoms with van der Waals surface area (Å²) in [4.78, 5) is 7.75. The molecule has 0 saturated heterocycles. The Hall–Kier alpha value is -1.76. The second-order valence-electron chi connectivity index (χ2n) is 5.02. The Labute approximate surface area is 123 Å². The minimum atomic E-state index is -4.15. The van der Waals surface area contributed by atoms with E-state index < -0.39 is 18.5 Å². The van der Waals surface area contributed by atoms with Gasteiger partial charge in [-0.25, -0.2) is 9.97 Å². The molecule has 1 fully saturated rings. The van der Waals surface area contributed by atoms with Crippen LogP contribution in [0.4, 0.5) is 13.2 Å². The van der Waals surface area contributed by atoms with Crippen LogP contribution >= 0.6 is 11.6 Å². The van der Waals surface area contributed by atoms with Crippen molar-refractivity contribution in [2.24, 2.45) is 5.92 Å². The molecule has 0 aromatic carbocycles. The van der Waals surface area contributed by atoms with Crippen LogP contribution in [0.1, 0.15) is 24.3 Å². The number of hydrogen-bond acceptors (Lipinski definition) is 4. The third kappa shape index (κ3) is 3.29. The second-order valence-corrected chi connectivity index (χ2v) is 5.38. The van der Waals surface area contributed by atoms with Crippen LogP contribution in [0, 0.1) is 5.92 Å². The Morgan fingerprint density at radius 1 is 1.19 bits per heavy atom. The molecule has 110 valence electrons. The number of hydrogen-bond donors (Lipinski definition) is 0. The first-order valence-electron chi connectivity index (χ1n) is 6.29. The highest BCUT2D eigenvalue weighted by molar-refractivity contribution is 6.30. The molecule has 2 heterocycles. The summed E-state index contributed by atoms with van der Waals surface area (Å²) in [5, 5.41) is 7.92. The lowest BCUT2D eigenvalue weighted by Crippen LogP contribution is -2.08. The summed E-state index contributed by atoms with van der Waals surface area (Å²) in [6.07, 6.45) is 0.0375. The Balaban J connectivity index is 1.84. The van der Waals surface area contributed by atoms with Gasteiger partial charge in [0.15, 0.2) is 5.15 Å². The van der Waals surface area contributed by atoms with Crippen molar-refractivity contribution in [3.05, 3.63) is 35.5 Å². The Kier molecular flexibility index (Phi) is 3.52. The molecule has 4 nitrogen and oxygen atoms in total. The van der Waals surface area contributed by atoms with Crippen LogP contribution in [0.5, 0.6) is 0 Å². The molecule has 0 bridgehead atoms. The molecule has 0 aliphatic heterocycles. The zero-order valence-corrected chi connectivity index (χ0v) is 11.4. The van der Waals surface area contributed by atoms with E-state index in [4.69, 9.17) is 11.6 Å². The van der Waals surface area contributed by atoms with Crippen molar-refractivity contribution in [2.75, 3.05) is 0 Å². The number of halogens is 4. The first-order chi connectivity index (χ1) is 9.94. The second kappa shape index (κ2) is 5.22. The zero-order chi connectivity index (χ0) is 15.0. The molecule has 0 amide bonds. The third-order valence-corrected chi connectivity index (χ3v) is 3.74. The Morgan fingerprint density at radius 3 is 2.57 bits per heavy atom. The average Bonchev–Trinajstić information content (AvgIpc) is 3.17. The van der Waals surface area contributed by atoms with Crippen molar-refractivity contribution in [3.63, 3.8) is 0 Å². The SMILES string of the molecule is FC(F)(F)C[C@@H]1C[C@H]1c1cc(-c2cncnc2)nnc1Cl. The summed E-state index contributed by atoms with van der Waals surface area (Å²) in [5.74, 6) is -0.635. The highest BCUT2D eigenvalue weighted by atomic mass is 35.5. The number of aromatic nitrogens is 4. The van der Waals surface area contributed by atoms with E-state index in [0.717, 1.165) is 0 Å². The van der Waals surface area contributed by atoms with Gasteiger partial charge in [0.1, 0.15) is 6.33 Å². The van der Waals surface area contributed by atoms with Crippen LogP contribution in [-0.4, -0.2) is 26.3 Å². The smallest absolute Gasteiger partial charge is 0.244 e. The molecular weight excluding hydrogens is 305 g/mol. The van der Waals surface area contributed by atoms with E-state index in [1.54, 1.807) is 18.5 Å². The van der Waals surface area contributed by atoms with E-state index in [-0.39, 0.29) is 11.1 Å². The summed E-state index contributed by atoms with van der Waals surface area (Å²) in [6.45, 7) is 0. The zero-order valence-electron chi connectivity index (χ0n) is 10.7. The summed E-state index contributed by atoms with van der Waals surface area (Å²) in [7, 11) is 0. The predicted molar refractivity (Wildman–Crippen MR) is 69.6 cm³/mol. The normalized spacial score (nSPS) is 21.3. The Morgan fingerprint density at radius 2 is 1.90 bits per heavy atom. The van der Waals surface area contributed by atoms with Gasteiger partial charge in [-0.1, -0.05) is 11.6 Å². The molecule has 2 aromatic heterocycles. The lowest BCUT2D eigenvalue weighted by Gasteiger charge is -2.07. The number of alkyl halides is 3. The minimum absolute atomic E-state index is 0.158. The van der Waals surface area contributed by atoms with Gasteiger partial charge >= 0.3 is 6.18 Å². The predicted octanol–water partition coefficient (Wildman–Crippen LogP) is 3.64. The van der Waals surface area contributed by atoms with E-state index in [1.807, 2.05) is 0 Å². The topological polar surface area (TPSA) is 51.6 Å². The molecular formula is C13H10ClF3N4. The van der Waals surface area contributed by atoms with Crippen LogP contribution in [0.25, 0.3) is 11.3 Å². The number of rotatable bonds is 3. The van der Waals surface area contributed by atoms with Gasteiger partial charge < -0.3 is 0 Å². The van der Waals surface area contributed by atoms with Gasteiger partial charge in [0.2, 0.25) is 0 Å². The maximum atomic E-state index is 12.4. The van der Waals surface area contributed by atoms with Gasteiger partial charge in [-0.2, -0.15) is 13.2 Å². The first-order valence-corrected chi connectivity index (χ1v) is 6.67. The van der Waals surface area contributed by atoms with Gasteiger partial charge in [0.25, 0.3) is 0 Å². The van der Waals surface area contributed by atoms with Gasteiger partial charge in [-0.15, -0.1) is 10.2 Å². The van der Waals surface area contributed by atoms with Gasteiger partial charge in [-0.05, 0) is 29.9 Å². The van der Waals surface area contributed by atoms with E-state index in [1.165, 1.54) is 6.33 Å². The fourth-order valence-corrected chi connectivity index (χ4v) is 2.61. The molecule has 1 saturated carbocycles. The highest BCUT2D eigenvalue weighted by Crippen LogP contribution is 2.54. The first kappa shape index (κ1) is 14.2. The summed E-state index contributed by atoms with van der Waals surface area (Å²) >= 11 is 5.97. The van der Waals surface area contributed by atoms with Crippen LogP contribution in [-0.2, 0) is 0 Å². The van der Waals surface area contributed by atoms with Crippen LogP contribution < -0.4 is 0 Å². The van der Waals surface area contributed by atoms with Crippen LogP contribution in [0.3, 0.4) is 0 Å². The maximum absolute atomic E-state index is 12.4. The van der Waals surface area contributed by atoms with Crippen molar-refractivity contribution < 1.29 is 13.2 Å². The van der Waals surface area contributed by atoms with E-state index >= 15 is 0 Å². The quantitative estimate of drug-likeness (QED) is 0.868. The van der Waals surface area contributed by atoms with E-state index in [9.17, 15) is 13.2 Å². The fraction of sp³-hybridized carbons (Fsp3) is 0.385. The van der Waals surface area contributed by atoms with Gasteiger partial charge in [0.05, 0.1) is 5.69 Å². The van der Waals surface area contributed by atoms with E-state index in [0.29, 0.717) is 23.2 Å². The molecule has 1 aliphatic rings. The van der Waals surface area contributed by atoms with Crippen molar-refractivity contribution in [1.82, 2.24) is 20.2 Å². The molecule has 3 rings (SSSR count). The van der Waals surface area contributed by atoms with Crippen LogP contribution in [0.15, 0.2) is 24.8 Å². The number of nitrogens with zero attached hydrogens (tertiary/aromatic N) is 4. The highest BCUT2D eigenvalue weighted by Gasteiger charge is 2.46. The molecule has 0 unspecified atom stereocenters. The minimum Gasteiger partial charge on any atom is -0.244 e. The summed E-state index contributed by atoms with van der Waals surface area (Å²) in [5.41, 5.74) is 1.77. The van der Waals surface area contributed by atoms with E-state index in [2.05, 4.69) is 20.2 Å². The lowest BCUT2D eigenvalue weighted by molar-refractivity contribution is -0.138. The van der Waals surface area contributed by atoms with Crippen molar-refractivity contribution in [1.29, 1.82) is 0 Å². The summed E-state index contributed by atoms with van der Waals surface area (Å²) < 4.78 is 37.2. The molecule has 0 radical (unpaired) electrons. The largest absolute Gasteiger partial charge is 0.389 e. The fourth-order valence-electron chi connectivity index (χ4n) is 2.38.